The van der Waals surface area contributed by atoms with E-state index in [1.165, 1.54) is 0 Å². The van der Waals surface area contributed by atoms with E-state index in [4.69, 9.17) is 9.84 Å². The second-order valence-corrected chi connectivity index (χ2v) is 4.08. The van der Waals surface area contributed by atoms with Gasteiger partial charge in [0.15, 0.2) is 6.10 Å². The number of carboxylic acid groups (broad SMARTS) is 1. The zero-order valence-electron chi connectivity index (χ0n) is 8.57. The summed E-state index contributed by atoms with van der Waals surface area (Å²) in [6, 6.07) is 0. The van der Waals surface area contributed by atoms with Crippen LogP contribution in [-0.2, 0) is 9.53 Å². The molecule has 0 saturated carbocycles. The highest BCUT2D eigenvalue weighted by Crippen LogP contribution is 2.25. The molecule has 6 heteroatoms. The van der Waals surface area contributed by atoms with E-state index in [9.17, 15) is 20.1 Å². The molecule has 0 radical (unpaired) electrons. The van der Waals surface area contributed by atoms with Crippen molar-refractivity contribution in [1.29, 1.82) is 0 Å². The molecule has 4 N–H and O–H groups in total. The summed E-state index contributed by atoms with van der Waals surface area (Å²) in [7, 11) is 0. The van der Waals surface area contributed by atoms with Crippen molar-refractivity contribution < 1.29 is 30.0 Å². The molecule has 0 spiro atoms. The van der Waals surface area contributed by atoms with E-state index in [1.807, 2.05) is 0 Å². The first-order valence-corrected chi connectivity index (χ1v) is 4.78. The van der Waals surface area contributed by atoms with Crippen LogP contribution in [0.4, 0.5) is 0 Å². The lowest BCUT2D eigenvalue weighted by Crippen LogP contribution is -2.60. The minimum absolute atomic E-state index is 0.149. The summed E-state index contributed by atoms with van der Waals surface area (Å²) in [6.07, 6.45) is -6.64. The molecule has 1 saturated heterocycles. The molecule has 6 nitrogen and oxygen atoms in total. The van der Waals surface area contributed by atoms with Crippen molar-refractivity contribution in [3.05, 3.63) is 0 Å². The smallest absolute Gasteiger partial charge is 0.335 e. The standard InChI is InChI=1S/C9H16O6/c1-3(2)7-5(11)4(10)6(12)8(15-7)9(13)14/h3-8,10-12H,1-2H3,(H,13,14)/t4-,5?,6-,7-,8?/m0/s1. The third-order valence-electron chi connectivity index (χ3n) is 2.55. The van der Waals surface area contributed by atoms with E-state index in [0.717, 1.165) is 0 Å². The van der Waals surface area contributed by atoms with Crippen LogP contribution >= 0.6 is 0 Å². The first-order valence-electron chi connectivity index (χ1n) is 4.78. The van der Waals surface area contributed by atoms with Crippen LogP contribution in [0.2, 0.25) is 0 Å². The Labute approximate surface area is 87.1 Å². The van der Waals surface area contributed by atoms with Gasteiger partial charge in [-0.25, -0.2) is 4.79 Å². The third-order valence-corrected chi connectivity index (χ3v) is 2.55. The maximum atomic E-state index is 10.7. The van der Waals surface area contributed by atoms with Gasteiger partial charge >= 0.3 is 5.97 Å². The van der Waals surface area contributed by atoms with Crippen LogP contribution < -0.4 is 0 Å². The number of ether oxygens (including phenoxy) is 1. The second kappa shape index (κ2) is 4.44. The van der Waals surface area contributed by atoms with Gasteiger partial charge in [-0.2, -0.15) is 0 Å². The fourth-order valence-electron chi connectivity index (χ4n) is 1.66. The zero-order valence-corrected chi connectivity index (χ0v) is 8.57. The Morgan fingerprint density at radius 2 is 1.67 bits per heavy atom. The molecule has 1 fully saturated rings. The van der Waals surface area contributed by atoms with Gasteiger partial charge in [0.1, 0.15) is 18.3 Å². The largest absolute Gasteiger partial charge is 0.479 e. The van der Waals surface area contributed by atoms with Crippen molar-refractivity contribution >= 4 is 5.97 Å². The van der Waals surface area contributed by atoms with E-state index < -0.39 is 36.5 Å². The number of hydrogen-bond donors (Lipinski definition) is 4. The zero-order chi connectivity index (χ0) is 11.7. The van der Waals surface area contributed by atoms with Gasteiger partial charge in [0, 0.05) is 0 Å². The number of rotatable bonds is 2. The SMILES string of the molecule is CC(C)[C@@H]1OC(C(=O)O)[C@@H](O)[C@@H](O)C1O. The lowest BCUT2D eigenvalue weighted by atomic mass is 9.89. The summed E-state index contributed by atoms with van der Waals surface area (Å²) < 4.78 is 5.04. The topological polar surface area (TPSA) is 107 Å². The van der Waals surface area contributed by atoms with Crippen molar-refractivity contribution in [2.75, 3.05) is 0 Å². The third kappa shape index (κ3) is 2.28. The monoisotopic (exact) mass is 220 g/mol. The Balaban J connectivity index is 2.85. The minimum Gasteiger partial charge on any atom is -0.479 e. The molecule has 15 heavy (non-hydrogen) atoms. The molecule has 0 aromatic heterocycles. The van der Waals surface area contributed by atoms with Crippen molar-refractivity contribution in [3.8, 4) is 0 Å². The van der Waals surface area contributed by atoms with E-state index in [2.05, 4.69) is 0 Å². The molecule has 2 unspecified atom stereocenters. The van der Waals surface area contributed by atoms with E-state index >= 15 is 0 Å². The number of hydrogen-bond acceptors (Lipinski definition) is 5. The van der Waals surface area contributed by atoms with E-state index in [0.29, 0.717) is 0 Å². The Hall–Kier alpha value is -0.690. The molecule has 5 atom stereocenters. The first kappa shape index (κ1) is 12.4. The highest BCUT2D eigenvalue weighted by Gasteiger charge is 2.47. The average molecular weight is 220 g/mol. The molecule has 0 amide bonds. The van der Waals surface area contributed by atoms with Crippen molar-refractivity contribution in [2.45, 2.75) is 44.4 Å². The van der Waals surface area contributed by atoms with Gasteiger partial charge in [-0.05, 0) is 5.92 Å². The molecule has 0 aromatic rings. The lowest BCUT2D eigenvalue weighted by molar-refractivity contribution is -0.235. The average Bonchev–Trinajstić information content (AvgIpc) is 2.13. The van der Waals surface area contributed by atoms with Crippen LogP contribution in [0, 0.1) is 5.92 Å². The highest BCUT2D eigenvalue weighted by atomic mass is 16.6. The molecule has 0 bridgehead atoms. The first-order chi connectivity index (χ1) is 6.86. The van der Waals surface area contributed by atoms with E-state index in [-0.39, 0.29) is 5.92 Å². The quantitative estimate of drug-likeness (QED) is 0.455. The Kier molecular flexibility index (Phi) is 3.67. The number of aliphatic carboxylic acids is 1. The number of aliphatic hydroxyl groups excluding tert-OH is 3. The minimum atomic E-state index is -1.60. The summed E-state index contributed by atoms with van der Waals surface area (Å²) >= 11 is 0. The molecule has 0 aliphatic carbocycles. The molecular formula is C9H16O6. The molecule has 88 valence electrons. The summed E-state index contributed by atoms with van der Waals surface area (Å²) in [5, 5.41) is 37.1. The van der Waals surface area contributed by atoms with Crippen LogP contribution in [-0.4, -0.2) is 56.9 Å². The maximum Gasteiger partial charge on any atom is 0.335 e. The Morgan fingerprint density at radius 3 is 2.07 bits per heavy atom. The van der Waals surface area contributed by atoms with Crippen LogP contribution in [0.25, 0.3) is 0 Å². The second-order valence-electron chi connectivity index (χ2n) is 4.08. The summed E-state index contributed by atoms with van der Waals surface area (Å²) in [6.45, 7) is 3.47. The van der Waals surface area contributed by atoms with Crippen LogP contribution in [0.5, 0.6) is 0 Å². The predicted molar refractivity (Wildman–Crippen MR) is 49.2 cm³/mol. The summed E-state index contributed by atoms with van der Waals surface area (Å²) in [4.78, 5) is 10.7. The van der Waals surface area contributed by atoms with Gasteiger partial charge in [-0.3, -0.25) is 0 Å². The summed E-state index contributed by atoms with van der Waals surface area (Å²) in [5.41, 5.74) is 0. The highest BCUT2D eigenvalue weighted by molar-refractivity contribution is 5.73. The van der Waals surface area contributed by atoms with Crippen molar-refractivity contribution in [2.24, 2.45) is 5.92 Å². The van der Waals surface area contributed by atoms with Gasteiger partial charge < -0.3 is 25.2 Å². The Bertz CT molecular complexity index is 241. The van der Waals surface area contributed by atoms with Crippen LogP contribution in [0.1, 0.15) is 13.8 Å². The van der Waals surface area contributed by atoms with E-state index in [1.54, 1.807) is 13.8 Å². The van der Waals surface area contributed by atoms with Gasteiger partial charge in [-0.15, -0.1) is 0 Å². The number of carboxylic acids is 1. The molecule has 1 heterocycles. The molecule has 1 aliphatic heterocycles. The molecule has 1 aliphatic rings. The fraction of sp³-hybridized carbons (Fsp3) is 0.889. The van der Waals surface area contributed by atoms with Gasteiger partial charge in [0.2, 0.25) is 0 Å². The van der Waals surface area contributed by atoms with Crippen LogP contribution in [0.3, 0.4) is 0 Å². The normalized spacial score (nSPS) is 41.9. The Morgan fingerprint density at radius 1 is 1.13 bits per heavy atom. The molecule has 1 rings (SSSR count). The number of aliphatic hydroxyl groups is 3. The number of carbonyl (C=O) groups is 1. The lowest BCUT2D eigenvalue weighted by Gasteiger charge is -2.40. The fourth-order valence-corrected chi connectivity index (χ4v) is 1.66. The molecular weight excluding hydrogens is 204 g/mol. The van der Waals surface area contributed by atoms with Crippen LogP contribution in [0.15, 0.2) is 0 Å². The molecule has 0 aromatic carbocycles. The van der Waals surface area contributed by atoms with Crippen molar-refractivity contribution in [1.82, 2.24) is 0 Å². The maximum absolute atomic E-state index is 10.7. The van der Waals surface area contributed by atoms with Gasteiger partial charge in [-0.1, -0.05) is 13.8 Å². The van der Waals surface area contributed by atoms with Gasteiger partial charge in [0.05, 0.1) is 6.10 Å². The van der Waals surface area contributed by atoms with Crippen molar-refractivity contribution in [3.63, 3.8) is 0 Å². The predicted octanol–water partition coefficient (Wildman–Crippen LogP) is -1.42. The summed E-state index contributed by atoms with van der Waals surface area (Å²) in [5.74, 6) is -1.50. The van der Waals surface area contributed by atoms with Gasteiger partial charge in [0.25, 0.3) is 0 Å².